The highest BCUT2D eigenvalue weighted by atomic mass is 79.9. The van der Waals surface area contributed by atoms with Crippen molar-refractivity contribution in [3.05, 3.63) is 11.2 Å². The van der Waals surface area contributed by atoms with E-state index in [0.717, 1.165) is 4.48 Å². The van der Waals surface area contributed by atoms with E-state index in [1.54, 1.807) is 0 Å². The second-order valence-electron chi connectivity index (χ2n) is 2.39. The average molecular weight is 165 g/mol. The normalized spacial score (nSPS) is 13.1. The highest BCUT2D eigenvalue weighted by molar-refractivity contribution is 9.11. The van der Waals surface area contributed by atoms with E-state index in [-0.39, 0.29) is 0 Å². The number of hydrogen-bond acceptors (Lipinski definition) is 0. The lowest BCUT2D eigenvalue weighted by atomic mass is 10.7. The molecule has 0 amide bonds. The Morgan fingerprint density at radius 1 is 1.29 bits per heavy atom. The third kappa shape index (κ3) is 6.18. The van der Waals surface area contributed by atoms with Crippen molar-refractivity contribution in [3.63, 3.8) is 0 Å². The maximum atomic E-state index is 3.19. The van der Waals surface area contributed by atoms with Gasteiger partial charge in [-0.1, -0.05) is 15.9 Å². The average Bonchev–Trinajstić information content (AvgIpc) is 1.30. The van der Waals surface area contributed by atoms with Crippen LogP contribution >= 0.6 is 15.9 Å². The van der Waals surface area contributed by atoms with Gasteiger partial charge in [0, 0.05) is 4.99 Å². The third-order valence-corrected chi connectivity index (χ3v) is 0.740. The SMILES string of the molecule is C[N+](C)(C)C=CBr. The zero-order valence-electron chi connectivity index (χ0n) is 4.98. The summed E-state index contributed by atoms with van der Waals surface area (Å²) in [6.45, 7) is 0. The first-order chi connectivity index (χ1) is 3.06. The van der Waals surface area contributed by atoms with Crippen LogP contribution in [-0.2, 0) is 0 Å². The molecule has 1 nitrogen and oxygen atoms in total. The van der Waals surface area contributed by atoms with Gasteiger partial charge < -0.3 is 4.48 Å². The minimum absolute atomic E-state index is 0.866. The van der Waals surface area contributed by atoms with E-state index in [1.807, 2.05) is 11.2 Å². The Balaban J connectivity index is 3.56. The molecular formula is C5H11BrN+. The number of rotatable bonds is 1. The number of hydrogen-bond donors (Lipinski definition) is 0. The Hall–Kier alpha value is 0.180. The summed E-state index contributed by atoms with van der Waals surface area (Å²) in [5, 5.41) is 0. The van der Waals surface area contributed by atoms with E-state index in [9.17, 15) is 0 Å². The Bertz CT molecular complexity index is 70.6. The molecule has 0 N–H and O–H groups in total. The molecule has 0 saturated carbocycles. The molecule has 42 valence electrons. The topological polar surface area (TPSA) is 0 Å². The first kappa shape index (κ1) is 7.18. The van der Waals surface area contributed by atoms with Gasteiger partial charge in [-0.05, 0) is 0 Å². The molecule has 2 heteroatoms. The molecule has 0 bridgehead atoms. The van der Waals surface area contributed by atoms with Crippen molar-refractivity contribution in [2.45, 2.75) is 0 Å². The minimum atomic E-state index is 0.866. The first-order valence-electron chi connectivity index (χ1n) is 2.15. The zero-order valence-corrected chi connectivity index (χ0v) is 6.57. The van der Waals surface area contributed by atoms with E-state index in [0.29, 0.717) is 0 Å². The molecule has 0 spiro atoms. The number of nitrogens with zero attached hydrogens (tertiary/aromatic N) is 1. The van der Waals surface area contributed by atoms with Crippen LogP contribution in [-0.4, -0.2) is 25.6 Å². The number of quaternary nitrogens is 1. The Morgan fingerprint density at radius 3 is 1.71 bits per heavy atom. The smallest absolute Gasteiger partial charge is 0.102 e. The summed E-state index contributed by atoms with van der Waals surface area (Å²) in [4.78, 5) is 1.87. The van der Waals surface area contributed by atoms with Crippen molar-refractivity contribution in [2.24, 2.45) is 0 Å². The maximum absolute atomic E-state index is 3.19. The van der Waals surface area contributed by atoms with E-state index >= 15 is 0 Å². The molecule has 7 heavy (non-hydrogen) atoms. The van der Waals surface area contributed by atoms with Crippen molar-refractivity contribution in [2.75, 3.05) is 21.1 Å². The van der Waals surface area contributed by atoms with Crippen molar-refractivity contribution in [1.29, 1.82) is 0 Å². The Labute approximate surface area is 53.3 Å². The van der Waals surface area contributed by atoms with Crippen molar-refractivity contribution in [3.8, 4) is 0 Å². The fourth-order valence-electron chi connectivity index (χ4n) is 0.169. The molecule has 0 aliphatic rings. The van der Waals surface area contributed by atoms with Crippen LogP contribution in [0.2, 0.25) is 0 Å². The number of halogens is 1. The highest BCUT2D eigenvalue weighted by Crippen LogP contribution is 1.93. The lowest BCUT2D eigenvalue weighted by Crippen LogP contribution is -2.26. The summed E-state index contributed by atoms with van der Waals surface area (Å²) in [7, 11) is 6.28. The lowest BCUT2D eigenvalue weighted by molar-refractivity contribution is -0.817. The van der Waals surface area contributed by atoms with Crippen molar-refractivity contribution in [1.82, 2.24) is 0 Å². The van der Waals surface area contributed by atoms with Gasteiger partial charge in [-0.3, -0.25) is 0 Å². The molecule has 0 unspecified atom stereocenters. The molecule has 0 rings (SSSR count). The quantitative estimate of drug-likeness (QED) is 0.517. The minimum Gasteiger partial charge on any atom is -0.304 e. The molecule has 0 saturated heterocycles. The van der Waals surface area contributed by atoms with Gasteiger partial charge in [0.15, 0.2) is 0 Å². The Kier molecular flexibility index (Phi) is 2.54. The van der Waals surface area contributed by atoms with Gasteiger partial charge in [-0.25, -0.2) is 0 Å². The summed E-state index contributed by atoms with van der Waals surface area (Å²) in [6.07, 6.45) is 2.04. The molecule has 0 atom stereocenters. The van der Waals surface area contributed by atoms with Gasteiger partial charge in [0.05, 0.1) is 21.1 Å². The zero-order chi connectivity index (χ0) is 5.91. The second-order valence-corrected chi connectivity index (χ2v) is 2.92. The van der Waals surface area contributed by atoms with Gasteiger partial charge in [-0.15, -0.1) is 0 Å². The fraction of sp³-hybridized carbons (Fsp3) is 0.600. The third-order valence-electron chi connectivity index (χ3n) is 0.504. The second kappa shape index (κ2) is 2.48. The predicted molar refractivity (Wildman–Crippen MR) is 36.1 cm³/mol. The summed E-state index contributed by atoms with van der Waals surface area (Å²) >= 11 is 3.19. The van der Waals surface area contributed by atoms with E-state index in [4.69, 9.17) is 0 Å². The fourth-order valence-corrected chi connectivity index (χ4v) is 0.878. The van der Waals surface area contributed by atoms with Gasteiger partial charge >= 0.3 is 0 Å². The molecule has 0 fully saturated rings. The summed E-state index contributed by atoms with van der Waals surface area (Å²) < 4.78 is 0.866. The largest absolute Gasteiger partial charge is 0.304 e. The molecule has 0 aliphatic carbocycles. The van der Waals surface area contributed by atoms with E-state index < -0.39 is 0 Å². The molecule has 0 aliphatic heterocycles. The van der Waals surface area contributed by atoms with Crippen molar-refractivity contribution < 1.29 is 4.48 Å². The molecule has 0 heterocycles. The van der Waals surface area contributed by atoms with Crippen molar-refractivity contribution >= 4 is 15.9 Å². The van der Waals surface area contributed by atoms with Gasteiger partial charge in [-0.2, -0.15) is 0 Å². The van der Waals surface area contributed by atoms with E-state index in [2.05, 4.69) is 37.1 Å². The predicted octanol–water partition coefficient (Wildman–Crippen LogP) is 1.56. The summed E-state index contributed by atoms with van der Waals surface area (Å²) in [6, 6.07) is 0. The van der Waals surface area contributed by atoms with Gasteiger partial charge in [0.25, 0.3) is 0 Å². The highest BCUT2D eigenvalue weighted by Gasteiger charge is 1.96. The van der Waals surface area contributed by atoms with Crippen LogP contribution in [0, 0.1) is 0 Å². The van der Waals surface area contributed by atoms with Crippen LogP contribution in [0.3, 0.4) is 0 Å². The monoisotopic (exact) mass is 164 g/mol. The maximum Gasteiger partial charge on any atom is 0.102 e. The lowest BCUT2D eigenvalue weighted by Gasteiger charge is -2.16. The van der Waals surface area contributed by atoms with Crippen LogP contribution in [0.5, 0.6) is 0 Å². The molecule has 0 radical (unpaired) electrons. The van der Waals surface area contributed by atoms with Crippen LogP contribution in [0.15, 0.2) is 11.2 Å². The standard InChI is InChI=1S/C5H11BrN/c1-7(2,3)5-4-6/h4-5H,1-3H3/q+1. The Morgan fingerprint density at radius 2 is 1.71 bits per heavy atom. The van der Waals surface area contributed by atoms with Crippen LogP contribution in [0.1, 0.15) is 0 Å². The molecule has 0 aromatic carbocycles. The van der Waals surface area contributed by atoms with Crippen LogP contribution in [0.4, 0.5) is 0 Å². The molecule has 0 aromatic rings. The van der Waals surface area contributed by atoms with Gasteiger partial charge in [0.2, 0.25) is 0 Å². The summed E-state index contributed by atoms with van der Waals surface area (Å²) in [5.41, 5.74) is 0. The van der Waals surface area contributed by atoms with Gasteiger partial charge in [0.1, 0.15) is 6.20 Å². The molecule has 0 aromatic heterocycles. The molecular weight excluding hydrogens is 154 g/mol. The first-order valence-corrected chi connectivity index (χ1v) is 3.07. The van der Waals surface area contributed by atoms with Crippen LogP contribution < -0.4 is 0 Å². The van der Waals surface area contributed by atoms with E-state index in [1.165, 1.54) is 0 Å². The summed E-state index contributed by atoms with van der Waals surface area (Å²) in [5.74, 6) is 0. The van der Waals surface area contributed by atoms with Crippen LogP contribution in [0.25, 0.3) is 0 Å².